The van der Waals surface area contributed by atoms with Gasteiger partial charge in [0.05, 0.1) is 12.7 Å². The first kappa shape index (κ1) is 15.2. The van der Waals surface area contributed by atoms with Crippen LogP contribution in [0.5, 0.6) is 0 Å². The highest BCUT2D eigenvalue weighted by Crippen LogP contribution is 2.33. The van der Waals surface area contributed by atoms with Crippen LogP contribution in [-0.4, -0.2) is 19.0 Å². The molecule has 19 heavy (non-hydrogen) atoms. The first-order valence-corrected chi connectivity index (χ1v) is 6.78. The summed E-state index contributed by atoms with van der Waals surface area (Å²) < 4.78 is 4.65. The van der Waals surface area contributed by atoms with E-state index < -0.39 is 5.97 Å². The summed E-state index contributed by atoms with van der Waals surface area (Å²) >= 11 is 1.08. The quantitative estimate of drug-likeness (QED) is 0.841. The summed E-state index contributed by atoms with van der Waals surface area (Å²) in [6.45, 7) is 3.67. The Hall–Kier alpha value is -1.87. The second-order valence-electron chi connectivity index (χ2n) is 4.02. The lowest BCUT2D eigenvalue weighted by Gasteiger charge is -2.01. The number of carbonyl (C=O) groups is 2. The molecule has 6 heteroatoms. The Morgan fingerprint density at radius 1 is 1.47 bits per heavy atom. The van der Waals surface area contributed by atoms with E-state index in [2.05, 4.69) is 10.1 Å². The summed E-state index contributed by atoms with van der Waals surface area (Å²) in [6, 6.07) is 2.01. The zero-order chi connectivity index (χ0) is 14.4. The van der Waals surface area contributed by atoms with Gasteiger partial charge in [-0.2, -0.15) is 5.26 Å². The average molecular weight is 280 g/mol. The number of nitrogens with zero attached hydrogens (tertiary/aromatic N) is 1. The van der Waals surface area contributed by atoms with E-state index in [9.17, 15) is 9.59 Å². The number of methoxy groups -OCH3 is 1. The third kappa shape index (κ3) is 3.55. The SMILES string of the molecule is CCCCC(=O)Nc1sc(C(=O)OC)c(C)c1C#N. The molecule has 0 aliphatic rings. The lowest BCUT2D eigenvalue weighted by atomic mass is 10.1. The molecule has 0 aromatic carbocycles. The summed E-state index contributed by atoms with van der Waals surface area (Å²) in [5.41, 5.74) is 0.875. The first-order chi connectivity index (χ1) is 9.04. The summed E-state index contributed by atoms with van der Waals surface area (Å²) in [7, 11) is 1.28. The van der Waals surface area contributed by atoms with Crippen molar-refractivity contribution in [3.8, 4) is 6.07 Å². The Labute approximate surface area is 116 Å². The summed E-state index contributed by atoms with van der Waals surface area (Å²) in [6.07, 6.45) is 2.13. The number of thiophene rings is 1. The van der Waals surface area contributed by atoms with Crippen molar-refractivity contribution in [1.29, 1.82) is 5.26 Å². The Morgan fingerprint density at radius 3 is 2.68 bits per heavy atom. The van der Waals surface area contributed by atoms with Crippen molar-refractivity contribution < 1.29 is 14.3 Å². The monoisotopic (exact) mass is 280 g/mol. The number of hydrogen-bond donors (Lipinski definition) is 1. The third-order valence-corrected chi connectivity index (χ3v) is 3.83. The zero-order valence-electron chi connectivity index (χ0n) is 11.2. The van der Waals surface area contributed by atoms with Gasteiger partial charge in [-0.25, -0.2) is 4.79 Å². The Bertz CT molecular complexity index is 529. The highest BCUT2D eigenvalue weighted by atomic mass is 32.1. The van der Waals surface area contributed by atoms with Gasteiger partial charge < -0.3 is 10.1 Å². The van der Waals surface area contributed by atoms with Crippen molar-refractivity contribution in [2.45, 2.75) is 33.1 Å². The number of esters is 1. The molecule has 1 aromatic rings. The fourth-order valence-electron chi connectivity index (χ4n) is 1.55. The highest BCUT2D eigenvalue weighted by molar-refractivity contribution is 7.18. The fourth-order valence-corrected chi connectivity index (χ4v) is 2.64. The lowest BCUT2D eigenvalue weighted by Crippen LogP contribution is -2.10. The molecular weight excluding hydrogens is 264 g/mol. The molecule has 0 spiro atoms. The summed E-state index contributed by atoms with van der Waals surface area (Å²) in [5.74, 6) is -0.635. The molecule has 1 heterocycles. The smallest absolute Gasteiger partial charge is 0.348 e. The van der Waals surface area contributed by atoms with Crippen molar-refractivity contribution >= 4 is 28.2 Å². The van der Waals surface area contributed by atoms with Gasteiger partial charge in [0.1, 0.15) is 15.9 Å². The molecule has 0 aliphatic heterocycles. The maximum absolute atomic E-state index is 11.7. The predicted octanol–water partition coefficient (Wildman–Crippen LogP) is 2.84. The molecule has 0 saturated carbocycles. The van der Waals surface area contributed by atoms with Crippen LogP contribution in [0.15, 0.2) is 0 Å². The van der Waals surface area contributed by atoms with E-state index >= 15 is 0 Å². The van der Waals surface area contributed by atoms with Crippen molar-refractivity contribution in [3.05, 3.63) is 16.0 Å². The average Bonchev–Trinajstić information content (AvgIpc) is 2.71. The van der Waals surface area contributed by atoms with Gasteiger partial charge in [-0.3, -0.25) is 4.79 Å². The van der Waals surface area contributed by atoms with Gasteiger partial charge >= 0.3 is 5.97 Å². The molecule has 1 amide bonds. The van der Waals surface area contributed by atoms with Gasteiger partial charge in [0.25, 0.3) is 0 Å². The van der Waals surface area contributed by atoms with E-state index in [1.165, 1.54) is 7.11 Å². The number of hydrogen-bond acceptors (Lipinski definition) is 5. The topological polar surface area (TPSA) is 79.2 Å². The molecule has 1 aromatic heterocycles. The number of amides is 1. The minimum absolute atomic E-state index is 0.143. The van der Waals surface area contributed by atoms with Crippen molar-refractivity contribution in [2.24, 2.45) is 0 Å². The fraction of sp³-hybridized carbons (Fsp3) is 0.462. The normalized spacial score (nSPS) is 9.79. The second-order valence-corrected chi connectivity index (χ2v) is 5.04. The molecule has 102 valence electrons. The van der Waals surface area contributed by atoms with Gasteiger partial charge in [0, 0.05) is 6.42 Å². The van der Waals surface area contributed by atoms with Crippen molar-refractivity contribution in [1.82, 2.24) is 0 Å². The Balaban J connectivity index is 2.99. The molecule has 0 radical (unpaired) electrons. The predicted molar refractivity (Wildman–Crippen MR) is 73.3 cm³/mol. The molecule has 5 nitrogen and oxygen atoms in total. The van der Waals surface area contributed by atoms with Gasteiger partial charge in [-0.05, 0) is 18.9 Å². The number of nitriles is 1. The molecule has 0 saturated heterocycles. The number of unbranched alkanes of at least 4 members (excludes halogenated alkanes) is 1. The molecule has 0 atom stereocenters. The number of nitrogens with one attached hydrogen (secondary N) is 1. The van der Waals surface area contributed by atoms with Crippen LogP contribution in [0.4, 0.5) is 5.00 Å². The van der Waals surface area contributed by atoms with E-state index in [0.717, 1.165) is 24.2 Å². The van der Waals surface area contributed by atoms with Crippen LogP contribution in [0.2, 0.25) is 0 Å². The second kappa shape index (κ2) is 6.90. The van der Waals surface area contributed by atoms with Crippen LogP contribution in [0.3, 0.4) is 0 Å². The number of carbonyl (C=O) groups excluding carboxylic acids is 2. The largest absolute Gasteiger partial charge is 0.465 e. The minimum Gasteiger partial charge on any atom is -0.465 e. The van der Waals surface area contributed by atoms with Crippen LogP contribution in [0, 0.1) is 18.3 Å². The van der Waals surface area contributed by atoms with Crippen molar-refractivity contribution in [2.75, 3.05) is 12.4 Å². The summed E-state index contributed by atoms with van der Waals surface area (Å²) in [4.78, 5) is 23.6. The van der Waals surface area contributed by atoms with Crippen LogP contribution >= 0.6 is 11.3 Å². The lowest BCUT2D eigenvalue weighted by molar-refractivity contribution is -0.116. The van der Waals surface area contributed by atoms with Crippen LogP contribution in [0.25, 0.3) is 0 Å². The molecular formula is C13H16N2O3S. The third-order valence-electron chi connectivity index (χ3n) is 2.64. The molecule has 0 bridgehead atoms. The maximum Gasteiger partial charge on any atom is 0.348 e. The van der Waals surface area contributed by atoms with E-state index in [4.69, 9.17) is 5.26 Å². The van der Waals surface area contributed by atoms with E-state index in [-0.39, 0.29) is 5.91 Å². The van der Waals surface area contributed by atoms with Gasteiger partial charge in [-0.1, -0.05) is 13.3 Å². The number of ether oxygens (including phenoxy) is 1. The van der Waals surface area contributed by atoms with Gasteiger partial charge in [0.15, 0.2) is 0 Å². The van der Waals surface area contributed by atoms with E-state index in [1.807, 2.05) is 13.0 Å². The first-order valence-electron chi connectivity index (χ1n) is 5.96. The van der Waals surface area contributed by atoms with Crippen LogP contribution < -0.4 is 5.32 Å². The standard InChI is InChI=1S/C13H16N2O3S/c1-4-5-6-10(16)15-12-9(7-14)8(2)11(19-12)13(17)18-3/h4-6H2,1-3H3,(H,15,16). The van der Waals surface area contributed by atoms with Gasteiger partial charge in [-0.15, -0.1) is 11.3 Å². The number of anilines is 1. The van der Waals surface area contributed by atoms with E-state index in [0.29, 0.717) is 27.4 Å². The zero-order valence-corrected chi connectivity index (χ0v) is 12.0. The minimum atomic E-state index is -0.493. The number of rotatable bonds is 5. The van der Waals surface area contributed by atoms with Crippen LogP contribution in [0.1, 0.15) is 47.0 Å². The summed E-state index contributed by atoms with van der Waals surface area (Å²) in [5, 5.41) is 12.2. The Kier molecular flexibility index (Phi) is 5.52. The molecule has 1 N–H and O–H groups in total. The Morgan fingerprint density at radius 2 is 2.16 bits per heavy atom. The maximum atomic E-state index is 11.7. The van der Waals surface area contributed by atoms with Gasteiger partial charge in [0.2, 0.25) is 5.91 Å². The van der Waals surface area contributed by atoms with E-state index in [1.54, 1.807) is 6.92 Å². The molecule has 0 unspecified atom stereocenters. The van der Waals surface area contributed by atoms with Crippen molar-refractivity contribution in [3.63, 3.8) is 0 Å². The molecule has 0 aliphatic carbocycles. The molecule has 0 fully saturated rings. The van der Waals surface area contributed by atoms with Crippen LogP contribution in [-0.2, 0) is 9.53 Å². The highest BCUT2D eigenvalue weighted by Gasteiger charge is 2.21. The molecule has 1 rings (SSSR count).